The molecule has 0 radical (unpaired) electrons. The predicted molar refractivity (Wildman–Crippen MR) is 117 cm³/mol. The average Bonchev–Trinajstić information content (AvgIpc) is 3.34. The van der Waals surface area contributed by atoms with E-state index in [9.17, 15) is 0 Å². The van der Waals surface area contributed by atoms with Crippen molar-refractivity contribution in [2.75, 3.05) is 0 Å². The molecule has 0 amide bonds. The zero-order valence-corrected chi connectivity index (χ0v) is 15.2. The molecule has 0 bridgehead atoms. The molecular formula is C26H18O2. The minimum atomic E-state index is 0.857. The minimum Gasteiger partial charge on any atom is -0.457 e. The third kappa shape index (κ3) is 3.40. The highest BCUT2D eigenvalue weighted by molar-refractivity contribution is 5.83. The molecule has 0 aliphatic heterocycles. The largest absolute Gasteiger partial charge is 0.457 e. The number of hydrogen-bond donors (Lipinski definition) is 0. The second kappa shape index (κ2) is 7.09. The van der Waals surface area contributed by atoms with E-state index in [2.05, 4.69) is 60.7 Å². The molecule has 2 aromatic heterocycles. The molecule has 3 aromatic carbocycles. The molecule has 0 N–H and O–H groups in total. The van der Waals surface area contributed by atoms with Crippen molar-refractivity contribution in [2.45, 2.75) is 0 Å². The Hall–Kier alpha value is -3.78. The molecule has 0 atom stereocenters. The fourth-order valence-electron chi connectivity index (χ4n) is 3.24. The maximum absolute atomic E-state index is 5.82. The van der Waals surface area contributed by atoms with Crippen molar-refractivity contribution >= 4 is 46.2 Å². The fourth-order valence-corrected chi connectivity index (χ4v) is 3.24. The zero-order chi connectivity index (χ0) is 18.8. The van der Waals surface area contributed by atoms with Crippen molar-refractivity contribution in [3.8, 4) is 0 Å². The van der Waals surface area contributed by atoms with Crippen molar-refractivity contribution < 1.29 is 8.83 Å². The molecule has 134 valence electrons. The smallest absolute Gasteiger partial charge is 0.134 e. The van der Waals surface area contributed by atoms with Crippen LogP contribution in [-0.4, -0.2) is 0 Å². The highest BCUT2D eigenvalue weighted by Gasteiger charge is 2.00. The van der Waals surface area contributed by atoms with Gasteiger partial charge in [0.05, 0.1) is 0 Å². The SMILES string of the molecule is C(=C\c1cc2ccccc2o1)/c1ccc(/C=C/c2cc3ccccc3o2)cc1. The van der Waals surface area contributed by atoms with Gasteiger partial charge in [0, 0.05) is 10.8 Å². The molecule has 5 aromatic rings. The van der Waals surface area contributed by atoms with E-state index < -0.39 is 0 Å². The van der Waals surface area contributed by atoms with Crippen LogP contribution in [0.1, 0.15) is 22.6 Å². The standard InChI is InChI=1S/C26H18O2/c1-3-7-25-21(5-1)17-23(27-25)15-13-19-9-11-20(12-10-19)14-16-24-18-22-6-2-4-8-26(22)28-24/h1-18H/b15-13+,16-14+. The van der Waals surface area contributed by atoms with Crippen molar-refractivity contribution in [3.63, 3.8) is 0 Å². The highest BCUT2D eigenvalue weighted by atomic mass is 16.3. The lowest BCUT2D eigenvalue weighted by Gasteiger charge is -1.95. The number of benzene rings is 3. The van der Waals surface area contributed by atoms with Gasteiger partial charge in [0.15, 0.2) is 0 Å². The molecular weight excluding hydrogens is 344 g/mol. The number of furan rings is 2. The molecule has 0 unspecified atom stereocenters. The molecule has 0 saturated heterocycles. The average molecular weight is 362 g/mol. The van der Waals surface area contributed by atoms with Crippen LogP contribution >= 0.6 is 0 Å². The number of rotatable bonds is 4. The van der Waals surface area contributed by atoms with Gasteiger partial charge in [0.2, 0.25) is 0 Å². The summed E-state index contributed by atoms with van der Waals surface area (Å²) in [6.45, 7) is 0. The molecule has 2 heterocycles. The lowest BCUT2D eigenvalue weighted by Crippen LogP contribution is -1.74. The number of hydrogen-bond acceptors (Lipinski definition) is 2. The van der Waals surface area contributed by atoms with Gasteiger partial charge in [-0.3, -0.25) is 0 Å². The Labute approximate surface area is 163 Å². The Bertz CT molecular complexity index is 1130. The first kappa shape index (κ1) is 16.4. The summed E-state index contributed by atoms with van der Waals surface area (Å²) in [4.78, 5) is 0. The van der Waals surface area contributed by atoms with Crippen LogP contribution in [0.5, 0.6) is 0 Å². The van der Waals surface area contributed by atoms with E-state index in [0.717, 1.165) is 44.6 Å². The van der Waals surface area contributed by atoms with Gasteiger partial charge in [0.1, 0.15) is 22.7 Å². The maximum atomic E-state index is 5.82. The zero-order valence-electron chi connectivity index (χ0n) is 15.2. The summed E-state index contributed by atoms with van der Waals surface area (Å²) in [6.07, 6.45) is 8.12. The highest BCUT2D eigenvalue weighted by Crippen LogP contribution is 2.22. The second-order valence-corrected chi connectivity index (χ2v) is 6.71. The number of fused-ring (bicyclic) bond motifs is 2. The molecule has 28 heavy (non-hydrogen) atoms. The van der Waals surface area contributed by atoms with Gasteiger partial charge in [-0.2, -0.15) is 0 Å². The normalized spacial score (nSPS) is 12.0. The summed E-state index contributed by atoms with van der Waals surface area (Å²) in [5.74, 6) is 1.71. The van der Waals surface area contributed by atoms with Crippen molar-refractivity contribution in [1.82, 2.24) is 0 Å². The molecule has 0 aliphatic carbocycles. The van der Waals surface area contributed by atoms with E-state index in [0.29, 0.717) is 0 Å². The lowest BCUT2D eigenvalue weighted by molar-refractivity contribution is 0.604. The summed E-state index contributed by atoms with van der Waals surface area (Å²) in [5, 5.41) is 2.24. The van der Waals surface area contributed by atoms with Crippen molar-refractivity contribution in [3.05, 3.63) is 108 Å². The van der Waals surface area contributed by atoms with Crippen LogP contribution in [-0.2, 0) is 0 Å². The van der Waals surface area contributed by atoms with Crippen LogP contribution in [0.15, 0.2) is 93.8 Å². The molecule has 0 spiro atoms. The third-order valence-electron chi connectivity index (χ3n) is 4.71. The summed E-state index contributed by atoms with van der Waals surface area (Å²) in [6, 6.07) is 28.6. The Morgan fingerprint density at radius 1 is 0.464 bits per heavy atom. The monoisotopic (exact) mass is 362 g/mol. The van der Waals surface area contributed by atoms with E-state index >= 15 is 0 Å². The van der Waals surface area contributed by atoms with Crippen LogP contribution in [0.4, 0.5) is 0 Å². The first-order chi connectivity index (χ1) is 13.8. The van der Waals surface area contributed by atoms with Crippen LogP contribution in [0.25, 0.3) is 46.2 Å². The first-order valence-electron chi connectivity index (χ1n) is 9.27. The maximum Gasteiger partial charge on any atom is 0.134 e. The minimum absolute atomic E-state index is 0.857. The summed E-state index contributed by atoms with van der Waals surface area (Å²) in [7, 11) is 0. The topological polar surface area (TPSA) is 26.3 Å². The van der Waals surface area contributed by atoms with Crippen molar-refractivity contribution in [1.29, 1.82) is 0 Å². The Kier molecular flexibility index (Phi) is 4.15. The Morgan fingerprint density at radius 2 is 0.893 bits per heavy atom. The van der Waals surface area contributed by atoms with Crippen LogP contribution in [0, 0.1) is 0 Å². The van der Waals surface area contributed by atoms with Crippen LogP contribution < -0.4 is 0 Å². The Morgan fingerprint density at radius 3 is 1.32 bits per heavy atom. The molecule has 0 aliphatic rings. The van der Waals surface area contributed by atoms with E-state index in [1.54, 1.807) is 0 Å². The lowest BCUT2D eigenvalue weighted by atomic mass is 10.1. The third-order valence-corrected chi connectivity index (χ3v) is 4.71. The van der Waals surface area contributed by atoms with Gasteiger partial charge < -0.3 is 8.83 Å². The van der Waals surface area contributed by atoms with E-state index in [1.165, 1.54) is 0 Å². The molecule has 2 nitrogen and oxygen atoms in total. The van der Waals surface area contributed by atoms with Gasteiger partial charge >= 0.3 is 0 Å². The van der Waals surface area contributed by atoms with Gasteiger partial charge in [-0.15, -0.1) is 0 Å². The summed E-state index contributed by atoms with van der Waals surface area (Å²) in [5.41, 5.74) is 4.07. The molecule has 5 rings (SSSR count). The predicted octanol–water partition coefficient (Wildman–Crippen LogP) is 7.52. The van der Waals surface area contributed by atoms with E-state index in [4.69, 9.17) is 8.83 Å². The molecule has 0 saturated carbocycles. The molecule has 2 heteroatoms. The molecule has 0 fully saturated rings. The van der Waals surface area contributed by atoms with Gasteiger partial charge in [-0.25, -0.2) is 0 Å². The van der Waals surface area contributed by atoms with Crippen LogP contribution in [0.3, 0.4) is 0 Å². The first-order valence-corrected chi connectivity index (χ1v) is 9.27. The van der Waals surface area contributed by atoms with Gasteiger partial charge in [0.25, 0.3) is 0 Å². The second-order valence-electron chi connectivity index (χ2n) is 6.71. The van der Waals surface area contributed by atoms with E-state index in [1.807, 2.05) is 48.6 Å². The summed E-state index contributed by atoms with van der Waals surface area (Å²) < 4.78 is 11.6. The van der Waals surface area contributed by atoms with E-state index in [-0.39, 0.29) is 0 Å². The number of para-hydroxylation sites is 2. The fraction of sp³-hybridized carbons (Fsp3) is 0. The summed E-state index contributed by atoms with van der Waals surface area (Å²) >= 11 is 0. The van der Waals surface area contributed by atoms with Crippen molar-refractivity contribution in [2.24, 2.45) is 0 Å². The Balaban J connectivity index is 1.30. The van der Waals surface area contributed by atoms with Gasteiger partial charge in [-0.05, 0) is 47.5 Å². The van der Waals surface area contributed by atoms with Gasteiger partial charge in [-0.1, -0.05) is 72.8 Å². The quantitative estimate of drug-likeness (QED) is 0.330. The van der Waals surface area contributed by atoms with Crippen LogP contribution in [0.2, 0.25) is 0 Å².